The SMILES string of the molecule is O=CC1COCCN1c1ccc(N2C[C@H](CCl)OC2=O)cc1. The molecule has 118 valence electrons. The number of carbonyl (C=O) groups excluding carboxylic acids is 2. The number of hydrogen-bond acceptors (Lipinski definition) is 5. The van der Waals surface area contributed by atoms with E-state index in [0.717, 1.165) is 17.7 Å². The monoisotopic (exact) mass is 324 g/mol. The third kappa shape index (κ3) is 2.89. The van der Waals surface area contributed by atoms with Gasteiger partial charge in [-0.1, -0.05) is 0 Å². The quantitative estimate of drug-likeness (QED) is 0.622. The highest BCUT2D eigenvalue weighted by atomic mass is 35.5. The van der Waals surface area contributed by atoms with Crippen molar-refractivity contribution in [3.8, 4) is 0 Å². The first-order valence-corrected chi connectivity index (χ1v) is 7.70. The first kappa shape index (κ1) is 15.1. The summed E-state index contributed by atoms with van der Waals surface area (Å²) in [6.07, 6.45) is 0.249. The highest BCUT2D eigenvalue weighted by molar-refractivity contribution is 6.18. The van der Waals surface area contributed by atoms with Crippen molar-refractivity contribution >= 4 is 35.4 Å². The van der Waals surface area contributed by atoms with Crippen LogP contribution in [0.1, 0.15) is 0 Å². The van der Waals surface area contributed by atoms with Gasteiger partial charge in [0.05, 0.1) is 25.6 Å². The summed E-state index contributed by atoms with van der Waals surface area (Å²) in [4.78, 5) is 26.5. The van der Waals surface area contributed by atoms with Crippen molar-refractivity contribution in [3.05, 3.63) is 24.3 Å². The molecule has 22 heavy (non-hydrogen) atoms. The number of anilines is 2. The van der Waals surface area contributed by atoms with Gasteiger partial charge in [-0.05, 0) is 24.3 Å². The Morgan fingerprint density at radius 2 is 2.00 bits per heavy atom. The molecule has 2 aliphatic rings. The molecule has 7 heteroatoms. The van der Waals surface area contributed by atoms with Gasteiger partial charge in [-0.2, -0.15) is 0 Å². The predicted molar refractivity (Wildman–Crippen MR) is 82.8 cm³/mol. The standard InChI is InChI=1S/C15H17ClN2O4/c16-7-14-8-18(15(20)22-14)12-3-1-11(2-4-12)17-5-6-21-10-13(17)9-19/h1-4,9,13-14H,5-8,10H2/t13?,14-/m0/s1. The fraction of sp³-hybridized carbons (Fsp3) is 0.467. The molecule has 1 unspecified atom stereocenters. The molecule has 0 radical (unpaired) electrons. The molecule has 2 fully saturated rings. The van der Waals surface area contributed by atoms with E-state index in [0.29, 0.717) is 26.3 Å². The Morgan fingerprint density at radius 1 is 1.27 bits per heavy atom. The number of halogens is 1. The van der Waals surface area contributed by atoms with Gasteiger partial charge < -0.3 is 19.2 Å². The van der Waals surface area contributed by atoms with Gasteiger partial charge in [-0.3, -0.25) is 4.90 Å². The minimum absolute atomic E-state index is 0.267. The summed E-state index contributed by atoms with van der Waals surface area (Å²) in [5.74, 6) is 0.287. The average molecular weight is 325 g/mol. The van der Waals surface area contributed by atoms with Crippen molar-refractivity contribution < 1.29 is 19.1 Å². The number of rotatable bonds is 4. The Morgan fingerprint density at radius 3 is 2.64 bits per heavy atom. The smallest absolute Gasteiger partial charge is 0.414 e. The van der Waals surface area contributed by atoms with Crippen LogP contribution in [-0.2, 0) is 14.3 Å². The molecule has 2 heterocycles. The maximum atomic E-state index is 11.8. The number of benzene rings is 1. The molecule has 1 aromatic rings. The molecule has 2 saturated heterocycles. The Kier molecular flexibility index (Phi) is 4.49. The van der Waals surface area contributed by atoms with Gasteiger partial charge in [0.2, 0.25) is 0 Å². The van der Waals surface area contributed by atoms with E-state index in [4.69, 9.17) is 21.1 Å². The van der Waals surface area contributed by atoms with Crippen molar-refractivity contribution in [3.63, 3.8) is 0 Å². The van der Waals surface area contributed by atoms with Crippen molar-refractivity contribution in [2.45, 2.75) is 12.1 Å². The summed E-state index contributed by atoms with van der Waals surface area (Å²) in [6, 6.07) is 7.24. The van der Waals surface area contributed by atoms with Gasteiger partial charge in [0.15, 0.2) is 0 Å². The maximum Gasteiger partial charge on any atom is 0.414 e. The Balaban J connectivity index is 1.75. The Labute approximate surface area is 133 Å². The third-order valence-electron chi connectivity index (χ3n) is 3.86. The number of carbonyl (C=O) groups is 2. The highest BCUT2D eigenvalue weighted by Gasteiger charge is 2.32. The topological polar surface area (TPSA) is 59.1 Å². The van der Waals surface area contributed by atoms with Gasteiger partial charge in [0, 0.05) is 17.9 Å². The molecule has 1 amide bonds. The zero-order chi connectivity index (χ0) is 15.5. The van der Waals surface area contributed by atoms with Crippen LogP contribution in [0.5, 0.6) is 0 Å². The van der Waals surface area contributed by atoms with E-state index in [1.54, 1.807) is 4.90 Å². The van der Waals surface area contributed by atoms with Gasteiger partial charge in [0.25, 0.3) is 0 Å². The summed E-state index contributed by atoms with van der Waals surface area (Å²) in [5.41, 5.74) is 1.70. The fourth-order valence-electron chi connectivity index (χ4n) is 2.69. The average Bonchev–Trinajstić information content (AvgIpc) is 2.96. The first-order chi connectivity index (χ1) is 10.7. The molecule has 0 saturated carbocycles. The lowest BCUT2D eigenvalue weighted by molar-refractivity contribution is -0.111. The molecule has 6 nitrogen and oxygen atoms in total. The molecule has 0 aliphatic carbocycles. The van der Waals surface area contributed by atoms with E-state index in [1.165, 1.54) is 0 Å². The zero-order valence-corrected chi connectivity index (χ0v) is 12.7. The zero-order valence-electron chi connectivity index (χ0n) is 12.0. The summed E-state index contributed by atoms with van der Waals surface area (Å²) in [7, 11) is 0. The molecule has 0 bridgehead atoms. The molecule has 3 rings (SSSR count). The second kappa shape index (κ2) is 6.54. The third-order valence-corrected chi connectivity index (χ3v) is 4.21. The molecule has 2 atom stereocenters. The second-order valence-corrected chi connectivity index (χ2v) is 5.57. The van der Waals surface area contributed by atoms with E-state index in [1.807, 2.05) is 29.2 Å². The summed E-state index contributed by atoms with van der Waals surface area (Å²) in [6.45, 7) is 2.13. The van der Waals surface area contributed by atoms with E-state index in [2.05, 4.69) is 0 Å². The number of hydrogen-bond donors (Lipinski definition) is 0. The van der Waals surface area contributed by atoms with Crippen LogP contribution < -0.4 is 9.80 Å². The van der Waals surface area contributed by atoms with Crippen LogP contribution in [0, 0.1) is 0 Å². The maximum absolute atomic E-state index is 11.8. The first-order valence-electron chi connectivity index (χ1n) is 7.17. The molecule has 1 aromatic carbocycles. The second-order valence-electron chi connectivity index (χ2n) is 5.26. The van der Waals surface area contributed by atoms with Crippen LogP contribution in [-0.4, -0.2) is 56.7 Å². The minimum atomic E-state index is -0.379. The lowest BCUT2D eigenvalue weighted by Crippen LogP contribution is -2.46. The van der Waals surface area contributed by atoms with Crippen LogP contribution in [0.25, 0.3) is 0 Å². The summed E-state index contributed by atoms with van der Waals surface area (Å²) in [5, 5.41) is 0. The Bertz CT molecular complexity index is 551. The Hall–Kier alpha value is -1.79. The number of cyclic esters (lactones) is 1. The minimum Gasteiger partial charge on any atom is -0.443 e. The van der Waals surface area contributed by atoms with Gasteiger partial charge in [0.1, 0.15) is 18.4 Å². The largest absolute Gasteiger partial charge is 0.443 e. The van der Waals surface area contributed by atoms with Gasteiger partial charge in [-0.15, -0.1) is 11.6 Å². The van der Waals surface area contributed by atoms with E-state index in [-0.39, 0.29) is 24.1 Å². The molecule has 0 spiro atoms. The number of ether oxygens (including phenoxy) is 2. The fourth-order valence-corrected chi connectivity index (χ4v) is 2.85. The van der Waals surface area contributed by atoms with Crippen molar-refractivity contribution in [1.82, 2.24) is 0 Å². The van der Waals surface area contributed by atoms with Gasteiger partial charge in [-0.25, -0.2) is 4.79 Å². The number of aldehydes is 1. The van der Waals surface area contributed by atoms with E-state index >= 15 is 0 Å². The lowest BCUT2D eigenvalue weighted by atomic mass is 10.2. The number of nitrogens with zero attached hydrogens (tertiary/aromatic N) is 2. The molecule has 2 aliphatic heterocycles. The van der Waals surface area contributed by atoms with E-state index < -0.39 is 0 Å². The van der Waals surface area contributed by atoms with Crippen LogP contribution in [0.4, 0.5) is 16.2 Å². The normalized spacial score (nSPS) is 25.2. The van der Waals surface area contributed by atoms with Crippen molar-refractivity contribution in [2.24, 2.45) is 0 Å². The van der Waals surface area contributed by atoms with Crippen molar-refractivity contribution in [1.29, 1.82) is 0 Å². The highest BCUT2D eigenvalue weighted by Crippen LogP contribution is 2.26. The molecular formula is C15H17ClN2O4. The van der Waals surface area contributed by atoms with Crippen LogP contribution in [0.2, 0.25) is 0 Å². The van der Waals surface area contributed by atoms with Crippen molar-refractivity contribution in [2.75, 3.05) is 42.0 Å². The lowest BCUT2D eigenvalue weighted by Gasteiger charge is -2.34. The summed E-state index contributed by atoms with van der Waals surface area (Å²) >= 11 is 5.73. The summed E-state index contributed by atoms with van der Waals surface area (Å²) < 4.78 is 10.5. The predicted octanol–water partition coefficient (Wildman–Crippen LogP) is 1.65. The molecule has 0 N–H and O–H groups in total. The molecular weight excluding hydrogens is 308 g/mol. The van der Waals surface area contributed by atoms with E-state index in [9.17, 15) is 9.59 Å². The number of morpholine rings is 1. The van der Waals surface area contributed by atoms with Crippen LogP contribution in [0.15, 0.2) is 24.3 Å². The number of alkyl halides is 1. The number of amides is 1. The van der Waals surface area contributed by atoms with Crippen LogP contribution in [0.3, 0.4) is 0 Å². The van der Waals surface area contributed by atoms with Gasteiger partial charge >= 0.3 is 6.09 Å². The molecule has 0 aromatic heterocycles. The van der Waals surface area contributed by atoms with Crippen LogP contribution >= 0.6 is 11.6 Å².